The van der Waals surface area contributed by atoms with Crippen molar-refractivity contribution in [3.05, 3.63) is 47.0 Å². The summed E-state index contributed by atoms with van der Waals surface area (Å²) in [5.74, 6) is -0.382. The molecule has 8 heteroatoms. The first-order chi connectivity index (χ1) is 14.2. The maximum absolute atomic E-state index is 12.8. The third-order valence-corrected chi connectivity index (χ3v) is 6.27. The highest BCUT2D eigenvalue weighted by Crippen LogP contribution is 2.49. The smallest absolute Gasteiger partial charge is 0.422 e. The lowest BCUT2D eigenvalue weighted by Gasteiger charge is -2.40. The first-order valence-electron chi connectivity index (χ1n) is 9.55. The highest BCUT2D eigenvalue weighted by atomic mass is 35.5. The maximum atomic E-state index is 12.8. The predicted octanol–water partition coefficient (Wildman–Crippen LogP) is 6.65. The van der Waals surface area contributed by atoms with Crippen molar-refractivity contribution in [3.8, 4) is 16.9 Å². The molecule has 1 fully saturated rings. The molecule has 2 aromatic rings. The van der Waals surface area contributed by atoms with Crippen LogP contribution in [0.4, 0.5) is 13.2 Å². The van der Waals surface area contributed by atoms with E-state index < -0.39 is 18.2 Å². The van der Waals surface area contributed by atoms with Crippen molar-refractivity contribution in [1.82, 2.24) is 0 Å². The fraction of sp³-hybridized carbons (Fsp3) is 0.409. The predicted molar refractivity (Wildman–Crippen MR) is 112 cm³/mol. The minimum absolute atomic E-state index is 0.0382. The Bertz CT molecular complexity index is 909. The summed E-state index contributed by atoms with van der Waals surface area (Å²) >= 11 is 7.95. The fourth-order valence-corrected chi connectivity index (χ4v) is 4.25. The standard InChI is InChI=1S/C22H22ClF3O3S/c1-3-28-20(27)21(9-4-10-21)15-11-17(14-5-7-16(30-2)8-6-14)19(18(23)12-15)29-13-22(24,25)26/h5-8,11-12H,3-4,9-10,13H2,1-2H3. The first kappa shape index (κ1) is 22.8. The third-order valence-electron chi connectivity index (χ3n) is 5.25. The monoisotopic (exact) mass is 458 g/mol. The number of ether oxygens (including phenoxy) is 2. The average molecular weight is 459 g/mol. The lowest BCUT2D eigenvalue weighted by atomic mass is 9.64. The van der Waals surface area contributed by atoms with Crippen LogP contribution in [0.3, 0.4) is 0 Å². The largest absolute Gasteiger partial charge is 0.482 e. The van der Waals surface area contributed by atoms with Crippen molar-refractivity contribution >= 4 is 29.3 Å². The second-order valence-corrected chi connectivity index (χ2v) is 8.41. The van der Waals surface area contributed by atoms with E-state index in [2.05, 4.69) is 0 Å². The van der Waals surface area contributed by atoms with Gasteiger partial charge in [-0.1, -0.05) is 30.2 Å². The third kappa shape index (κ3) is 4.72. The van der Waals surface area contributed by atoms with Gasteiger partial charge in [-0.05, 0) is 61.4 Å². The van der Waals surface area contributed by atoms with Gasteiger partial charge in [-0.15, -0.1) is 11.8 Å². The summed E-state index contributed by atoms with van der Waals surface area (Å²) in [4.78, 5) is 13.7. The number of alkyl halides is 3. The number of carbonyl (C=O) groups excluding carboxylic acids is 1. The van der Waals surface area contributed by atoms with E-state index in [0.717, 1.165) is 11.3 Å². The summed E-state index contributed by atoms with van der Waals surface area (Å²) in [7, 11) is 0. The van der Waals surface area contributed by atoms with Gasteiger partial charge in [-0.2, -0.15) is 13.2 Å². The molecule has 1 aliphatic rings. The quantitative estimate of drug-likeness (QED) is 0.343. The van der Waals surface area contributed by atoms with Gasteiger partial charge in [-0.25, -0.2) is 0 Å². The molecule has 0 aliphatic heterocycles. The Morgan fingerprint density at radius 1 is 1.20 bits per heavy atom. The minimum Gasteiger partial charge on any atom is -0.482 e. The second-order valence-electron chi connectivity index (χ2n) is 7.12. The number of rotatable bonds is 7. The molecule has 3 nitrogen and oxygen atoms in total. The molecule has 0 heterocycles. The van der Waals surface area contributed by atoms with Crippen LogP contribution in [-0.2, 0) is 14.9 Å². The zero-order chi connectivity index (χ0) is 21.9. The Labute approximate surface area is 182 Å². The van der Waals surface area contributed by atoms with Crippen LogP contribution in [0, 0.1) is 0 Å². The lowest BCUT2D eigenvalue weighted by molar-refractivity contribution is -0.154. The minimum atomic E-state index is -4.50. The van der Waals surface area contributed by atoms with E-state index >= 15 is 0 Å². The first-order valence-corrected chi connectivity index (χ1v) is 11.2. The van der Waals surface area contributed by atoms with Crippen molar-refractivity contribution < 1.29 is 27.4 Å². The summed E-state index contributed by atoms with van der Waals surface area (Å²) in [5, 5.41) is 0.0382. The van der Waals surface area contributed by atoms with E-state index in [4.69, 9.17) is 21.1 Å². The highest BCUT2D eigenvalue weighted by molar-refractivity contribution is 7.98. The van der Waals surface area contributed by atoms with Gasteiger partial charge >= 0.3 is 12.1 Å². The molecule has 0 unspecified atom stereocenters. The Kier molecular flexibility index (Phi) is 6.92. The lowest BCUT2D eigenvalue weighted by Crippen LogP contribution is -2.43. The molecule has 0 N–H and O–H groups in total. The summed E-state index contributed by atoms with van der Waals surface area (Å²) < 4.78 is 48.8. The number of esters is 1. The zero-order valence-electron chi connectivity index (χ0n) is 16.6. The topological polar surface area (TPSA) is 35.5 Å². The summed E-state index contributed by atoms with van der Waals surface area (Å²) in [6.45, 7) is 0.541. The number of thioether (sulfide) groups is 1. The number of hydrogen-bond acceptors (Lipinski definition) is 4. The molecular weight excluding hydrogens is 437 g/mol. The SMILES string of the molecule is CCOC(=O)C1(c2cc(Cl)c(OCC(F)(F)F)c(-c3ccc(SC)cc3)c2)CCC1. The van der Waals surface area contributed by atoms with Gasteiger partial charge in [0.05, 0.1) is 17.0 Å². The van der Waals surface area contributed by atoms with Crippen molar-refractivity contribution in [2.24, 2.45) is 0 Å². The van der Waals surface area contributed by atoms with Gasteiger partial charge in [0.2, 0.25) is 0 Å². The molecule has 0 aromatic heterocycles. The van der Waals surface area contributed by atoms with Crippen LogP contribution in [0.5, 0.6) is 5.75 Å². The van der Waals surface area contributed by atoms with E-state index in [9.17, 15) is 18.0 Å². The number of halogens is 4. The molecule has 2 aromatic carbocycles. The molecule has 3 rings (SSSR count). The van der Waals surface area contributed by atoms with Crippen molar-refractivity contribution in [2.75, 3.05) is 19.5 Å². The van der Waals surface area contributed by atoms with Gasteiger partial charge in [0.25, 0.3) is 0 Å². The molecule has 0 bridgehead atoms. The molecule has 0 saturated heterocycles. The van der Waals surface area contributed by atoms with Crippen LogP contribution in [-0.4, -0.2) is 31.6 Å². The molecule has 0 radical (unpaired) electrons. The Balaban J connectivity index is 2.10. The van der Waals surface area contributed by atoms with Gasteiger partial charge in [0.15, 0.2) is 6.61 Å². The summed E-state index contributed by atoms with van der Waals surface area (Å²) in [6, 6.07) is 10.6. The molecule has 162 valence electrons. The van der Waals surface area contributed by atoms with Crippen molar-refractivity contribution in [3.63, 3.8) is 0 Å². The molecule has 1 saturated carbocycles. The normalized spacial score (nSPS) is 15.4. The van der Waals surface area contributed by atoms with Crippen molar-refractivity contribution in [2.45, 2.75) is 42.7 Å². The van der Waals surface area contributed by atoms with Crippen molar-refractivity contribution in [1.29, 1.82) is 0 Å². The highest BCUT2D eigenvalue weighted by Gasteiger charge is 2.47. The van der Waals surface area contributed by atoms with E-state index in [0.29, 0.717) is 29.5 Å². The number of carbonyl (C=O) groups is 1. The Morgan fingerprint density at radius 3 is 2.37 bits per heavy atom. The number of benzene rings is 2. The van der Waals surface area contributed by atoms with Gasteiger partial charge in [0.1, 0.15) is 5.75 Å². The molecular formula is C22H22ClF3O3S. The van der Waals surface area contributed by atoms with Crippen LogP contribution in [0.1, 0.15) is 31.7 Å². The van der Waals surface area contributed by atoms with Gasteiger partial charge in [0, 0.05) is 10.5 Å². The summed E-state index contributed by atoms with van der Waals surface area (Å²) in [6.07, 6.45) is -0.488. The van der Waals surface area contributed by atoms with E-state index in [1.807, 2.05) is 18.4 Å². The summed E-state index contributed by atoms with van der Waals surface area (Å²) in [5.41, 5.74) is 0.897. The van der Waals surface area contributed by atoms with E-state index in [1.54, 1.807) is 36.9 Å². The fourth-order valence-electron chi connectivity index (χ4n) is 3.57. The maximum Gasteiger partial charge on any atom is 0.422 e. The Hall–Kier alpha value is -1.86. The molecule has 0 atom stereocenters. The second kappa shape index (κ2) is 9.10. The van der Waals surface area contributed by atoms with E-state index in [-0.39, 0.29) is 23.3 Å². The van der Waals surface area contributed by atoms with Gasteiger partial charge in [-0.3, -0.25) is 4.79 Å². The van der Waals surface area contributed by atoms with Crippen LogP contribution < -0.4 is 4.74 Å². The van der Waals surface area contributed by atoms with Crippen LogP contribution >= 0.6 is 23.4 Å². The van der Waals surface area contributed by atoms with E-state index in [1.165, 1.54) is 6.07 Å². The molecule has 0 amide bonds. The zero-order valence-corrected chi connectivity index (χ0v) is 18.2. The van der Waals surface area contributed by atoms with Crippen LogP contribution in [0.25, 0.3) is 11.1 Å². The average Bonchev–Trinajstić information content (AvgIpc) is 2.65. The van der Waals surface area contributed by atoms with Crippen LogP contribution in [0.15, 0.2) is 41.3 Å². The molecule has 30 heavy (non-hydrogen) atoms. The number of hydrogen-bond donors (Lipinski definition) is 0. The van der Waals surface area contributed by atoms with Gasteiger partial charge < -0.3 is 9.47 Å². The molecule has 0 spiro atoms. The Morgan fingerprint density at radius 2 is 1.87 bits per heavy atom. The van der Waals surface area contributed by atoms with Crippen LogP contribution in [0.2, 0.25) is 5.02 Å². The molecule has 1 aliphatic carbocycles.